The summed E-state index contributed by atoms with van der Waals surface area (Å²) in [6.07, 6.45) is 0.523. The first-order valence-corrected chi connectivity index (χ1v) is 6.18. The van der Waals surface area contributed by atoms with Crippen molar-refractivity contribution in [2.45, 2.75) is 13.0 Å². The molecule has 0 saturated carbocycles. The largest absolute Gasteiger partial charge is 0.376 e. The third-order valence-electron chi connectivity index (χ3n) is 3.06. The van der Waals surface area contributed by atoms with E-state index >= 15 is 0 Å². The standard InChI is InChI=1S/C12H8BrF2NO2/c13-10-6(14)3-7(15)11-9(10)12(17)5-4-18-2-1-8(5)16-11/h3H,1-2,4H2,(H,16,17). The van der Waals surface area contributed by atoms with Crippen LogP contribution in [0.15, 0.2) is 15.3 Å². The Morgan fingerprint density at radius 1 is 1.33 bits per heavy atom. The van der Waals surface area contributed by atoms with Crippen LogP contribution in [0.1, 0.15) is 11.3 Å². The molecule has 1 aromatic heterocycles. The minimum Gasteiger partial charge on any atom is -0.376 e. The van der Waals surface area contributed by atoms with Crippen molar-refractivity contribution < 1.29 is 13.5 Å². The molecule has 3 nitrogen and oxygen atoms in total. The predicted octanol–water partition coefficient (Wildman–Crippen LogP) is 2.64. The lowest BCUT2D eigenvalue weighted by Gasteiger charge is -2.17. The highest BCUT2D eigenvalue weighted by Crippen LogP contribution is 2.27. The minimum absolute atomic E-state index is 0.00301. The molecular formula is C12H8BrF2NO2. The number of fused-ring (bicyclic) bond motifs is 2. The van der Waals surface area contributed by atoms with Gasteiger partial charge in [0.2, 0.25) is 0 Å². The number of H-pyrrole nitrogens is 1. The summed E-state index contributed by atoms with van der Waals surface area (Å²) >= 11 is 2.99. The van der Waals surface area contributed by atoms with Crippen molar-refractivity contribution in [2.24, 2.45) is 0 Å². The van der Waals surface area contributed by atoms with Crippen molar-refractivity contribution in [3.8, 4) is 0 Å². The van der Waals surface area contributed by atoms with E-state index in [1.165, 1.54) is 0 Å². The van der Waals surface area contributed by atoms with E-state index in [0.29, 0.717) is 24.3 Å². The molecule has 0 spiro atoms. The van der Waals surface area contributed by atoms with Gasteiger partial charge in [-0.2, -0.15) is 0 Å². The first-order chi connectivity index (χ1) is 8.59. The number of rotatable bonds is 0. The maximum atomic E-state index is 13.7. The molecule has 6 heteroatoms. The highest BCUT2D eigenvalue weighted by atomic mass is 79.9. The van der Waals surface area contributed by atoms with E-state index in [-0.39, 0.29) is 27.4 Å². The number of pyridine rings is 1. The van der Waals surface area contributed by atoms with Gasteiger partial charge in [0.1, 0.15) is 11.6 Å². The van der Waals surface area contributed by atoms with E-state index < -0.39 is 11.6 Å². The zero-order valence-electron chi connectivity index (χ0n) is 9.15. The second-order valence-corrected chi connectivity index (χ2v) is 4.91. The maximum Gasteiger partial charge on any atom is 0.196 e. The number of nitrogens with one attached hydrogen (secondary N) is 1. The van der Waals surface area contributed by atoms with E-state index in [9.17, 15) is 13.6 Å². The van der Waals surface area contributed by atoms with Gasteiger partial charge in [0.05, 0.1) is 28.6 Å². The van der Waals surface area contributed by atoms with Gasteiger partial charge in [0.25, 0.3) is 0 Å². The van der Waals surface area contributed by atoms with Crippen LogP contribution in [-0.2, 0) is 17.8 Å². The zero-order valence-corrected chi connectivity index (χ0v) is 10.7. The molecule has 1 aliphatic heterocycles. The second-order valence-electron chi connectivity index (χ2n) is 4.12. The molecule has 0 atom stereocenters. The number of aromatic nitrogens is 1. The number of benzene rings is 1. The fourth-order valence-corrected chi connectivity index (χ4v) is 2.65. The first kappa shape index (κ1) is 11.8. The predicted molar refractivity (Wildman–Crippen MR) is 65.5 cm³/mol. The first-order valence-electron chi connectivity index (χ1n) is 5.38. The average molecular weight is 316 g/mol. The number of hydrogen-bond donors (Lipinski definition) is 1. The Labute approximate surface area is 109 Å². The molecule has 3 rings (SSSR count). The Morgan fingerprint density at radius 3 is 2.89 bits per heavy atom. The summed E-state index contributed by atoms with van der Waals surface area (Å²) in [5.74, 6) is -1.56. The molecule has 1 aromatic carbocycles. The van der Waals surface area contributed by atoms with Gasteiger partial charge in [0, 0.05) is 23.7 Å². The molecule has 1 N–H and O–H groups in total. The minimum atomic E-state index is -0.790. The van der Waals surface area contributed by atoms with Crippen LogP contribution in [-0.4, -0.2) is 11.6 Å². The summed E-state index contributed by atoms with van der Waals surface area (Å²) in [5, 5.41) is -0.00301. The fourth-order valence-electron chi connectivity index (χ4n) is 2.16. The summed E-state index contributed by atoms with van der Waals surface area (Å²) in [6.45, 7) is 0.656. The number of ether oxygens (including phenoxy) is 1. The van der Waals surface area contributed by atoms with Crippen LogP contribution in [0, 0.1) is 11.6 Å². The third kappa shape index (κ3) is 1.59. The van der Waals surface area contributed by atoms with E-state index in [1.54, 1.807) is 0 Å². The van der Waals surface area contributed by atoms with Crippen molar-refractivity contribution >= 4 is 26.8 Å². The molecule has 0 fully saturated rings. The summed E-state index contributed by atoms with van der Waals surface area (Å²) in [7, 11) is 0. The van der Waals surface area contributed by atoms with Crippen LogP contribution in [0.25, 0.3) is 10.9 Å². The molecule has 0 radical (unpaired) electrons. The van der Waals surface area contributed by atoms with Crippen molar-refractivity contribution in [1.29, 1.82) is 0 Å². The van der Waals surface area contributed by atoms with Crippen molar-refractivity contribution in [3.63, 3.8) is 0 Å². The molecule has 0 unspecified atom stereocenters. The van der Waals surface area contributed by atoms with E-state index in [2.05, 4.69) is 20.9 Å². The van der Waals surface area contributed by atoms with Gasteiger partial charge < -0.3 is 9.72 Å². The highest BCUT2D eigenvalue weighted by Gasteiger charge is 2.21. The van der Waals surface area contributed by atoms with Gasteiger partial charge in [0.15, 0.2) is 5.43 Å². The summed E-state index contributed by atoms with van der Waals surface area (Å²) in [6, 6.07) is 0.758. The topological polar surface area (TPSA) is 42.1 Å². The highest BCUT2D eigenvalue weighted by molar-refractivity contribution is 9.10. The fraction of sp³-hybridized carbons (Fsp3) is 0.250. The number of hydrogen-bond acceptors (Lipinski definition) is 2. The molecule has 18 heavy (non-hydrogen) atoms. The van der Waals surface area contributed by atoms with Gasteiger partial charge in [-0.3, -0.25) is 4.79 Å². The molecule has 2 heterocycles. The molecule has 1 aliphatic rings. The lowest BCUT2D eigenvalue weighted by atomic mass is 10.1. The van der Waals surface area contributed by atoms with Crippen LogP contribution in [0.3, 0.4) is 0 Å². The molecule has 0 bridgehead atoms. The number of aromatic amines is 1. The SMILES string of the molecule is O=c1c2c([nH]c3c(F)cc(F)c(Br)c13)CCOC2. The molecule has 0 aliphatic carbocycles. The lowest BCUT2D eigenvalue weighted by molar-refractivity contribution is 0.108. The van der Waals surface area contributed by atoms with Gasteiger partial charge in [-0.25, -0.2) is 8.78 Å². The van der Waals surface area contributed by atoms with Gasteiger partial charge in [-0.1, -0.05) is 0 Å². The Morgan fingerprint density at radius 2 is 2.11 bits per heavy atom. The second kappa shape index (κ2) is 4.13. The molecule has 0 amide bonds. The zero-order chi connectivity index (χ0) is 12.9. The maximum absolute atomic E-state index is 13.7. The summed E-state index contributed by atoms with van der Waals surface area (Å²) < 4.78 is 32.3. The average Bonchev–Trinajstić information content (AvgIpc) is 2.36. The summed E-state index contributed by atoms with van der Waals surface area (Å²) in [4.78, 5) is 15.1. The van der Waals surface area contributed by atoms with Crippen LogP contribution in [0.5, 0.6) is 0 Å². The normalized spacial score (nSPS) is 14.8. The van der Waals surface area contributed by atoms with E-state index in [0.717, 1.165) is 6.07 Å². The smallest absolute Gasteiger partial charge is 0.196 e. The van der Waals surface area contributed by atoms with Crippen molar-refractivity contribution in [3.05, 3.63) is 43.7 Å². The van der Waals surface area contributed by atoms with Gasteiger partial charge >= 0.3 is 0 Å². The van der Waals surface area contributed by atoms with Crippen molar-refractivity contribution in [1.82, 2.24) is 4.98 Å². The van der Waals surface area contributed by atoms with Gasteiger partial charge in [-0.05, 0) is 15.9 Å². The van der Waals surface area contributed by atoms with E-state index in [1.807, 2.05) is 0 Å². The summed E-state index contributed by atoms with van der Waals surface area (Å²) in [5.41, 5.74) is 0.758. The van der Waals surface area contributed by atoms with Crippen LogP contribution >= 0.6 is 15.9 Å². The van der Waals surface area contributed by atoms with Crippen LogP contribution in [0.2, 0.25) is 0 Å². The molecular weight excluding hydrogens is 308 g/mol. The van der Waals surface area contributed by atoms with Crippen LogP contribution in [0.4, 0.5) is 8.78 Å². The monoisotopic (exact) mass is 315 g/mol. The molecule has 94 valence electrons. The molecule has 0 saturated heterocycles. The van der Waals surface area contributed by atoms with E-state index in [4.69, 9.17) is 4.74 Å². The lowest BCUT2D eigenvalue weighted by Crippen LogP contribution is -2.22. The quantitative estimate of drug-likeness (QED) is 0.759. The Balaban J connectivity index is 2.50. The Hall–Kier alpha value is -1.27. The van der Waals surface area contributed by atoms with Gasteiger partial charge in [-0.15, -0.1) is 0 Å². The third-order valence-corrected chi connectivity index (χ3v) is 3.83. The van der Waals surface area contributed by atoms with Crippen LogP contribution < -0.4 is 5.43 Å². The Bertz CT molecular complexity index is 712. The number of halogens is 3. The molecule has 2 aromatic rings. The Kier molecular flexibility index (Phi) is 2.71. The van der Waals surface area contributed by atoms with Crippen molar-refractivity contribution in [2.75, 3.05) is 6.61 Å².